The van der Waals surface area contributed by atoms with E-state index >= 15 is 0 Å². The van der Waals surface area contributed by atoms with E-state index in [1.165, 1.54) is 11.1 Å². The Hall–Kier alpha value is -0.730. The third-order valence-corrected chi connectivity index (χ3v) is 5.99. The minimum Gasteiger partial charge on any atom is -0.378 e. The minimum atomic E-state index is -0.0633. The fraction of sp³-hybridized carbons (Fsp3) is 0.632. The average molecular weight is 401 g/mol. The third-order valence-electron chi connectivity index (χ3n) is 3.82. The predicted molar refractivity (Wildman–Crippen MR) is 113 cm³/mol. The van der Waals surface area contributed by atoms with Gasteiger partial charge in [0.2, 0.25) is 0 Å². The van der Waals surface area contributed by atoms with Gasteiger partial charge in [-0.3, -0.25) is 4.79 Å². The molecule has 0 radical (unpaired) electrons. The maximum Gasteiger partial charge on any atom is 0.251 e. The molecule has 0 bridgehead atoms. The van der Waals surface area contributed by atoms with E-state index in [4.69, 9.17) is 15.2 Å². The van der Waals surface area contributed by atoms with Gasteiger partial charge in [0.1, 0.15) is 0 Å². The molecule has 1 atom stereocenters. The van der Waals surface area contributed by atoms with Gasteiger partial charge in [-0.25, -0.2) is 0 Å². The second-order valence-corrected chi connectivity index (χ2v) is 8.98. The highest BCUT2D eigenvalue weighted by Gasteiger charge is 2.16. The van der Waals surface area contributed by atoms with Gasteiger partial charge in [-0.15, -0.1) is 0 Å². The van der Waals surface area contributed by atoms with Crippen LogP contribution in [0, 0.1) is 0 Å². The van der Waals surface area contributed by atoms with Crippen LogP contribution >= 0.6 is 21.6 Å². The van der Waals surface area contributed by atoms with Gasteiger partial charge in [-0.05, 0) is 42.4 Å². The maximum absolute atomic E-state index is 12.4. The van der Waals surface area contributed by atoms with Crippen molar-refractivity contribution in [1.29, 1.82) is 0 Å². The molecule has 5 nitrogen and oxygen atoms in total. The molecule has 0 aliphatic carbocycles. The van der Waals surface area contributed by atoms with Gasteiger partial charge < -0.3 is 20.5 Å². The van der Waals surface area contributed by atoms with Crippen molar-refractivity contribution in [2.45, 2.75) is 31.9 Å². The summed E-state index contributed by atoms with van der Waals surface area (Å²) in [6.07, 6.45) is 2.09. The Morgan fingerprint density at radius 1 is 1.12 bits per heavy atom. The Kier molecular flexibility index (Phi) is 12.0. The summed E-state index contributed by atoms with van der Waals surface area (Å²) in [5, 5.41) is 3.30. The average Bonchev–Trinajstić information content (AvgIpc) is 2.63. The Morgan fingerprint density at radius 2 is 1.81 bits per heavy atom. The Morgan fingerprint density at radius 3 is 2.42 bits per heavy atom. The fourth-order valence-corrected chi connectivity index (χ4v) is 4.31. The molecule has 0 heterocycles. The second kappa shape index (κ2) is 13.4. The van der Waals surface area contributed by atoms with Crippen LogP contribution in [0.5, 0.6) is 0 Å². The van der Waals surface area contributed by atoms with E-state index in [0.717, 1.165) is 0 Å². The second-order valence-electron chi connectivity index (χ2n) is 6.17. The van der Waals surface area contributed by atoms with Crippen molar-refractivity contribution in [2.75, 3.05) is 45.8 Å². The lowest BCUT2D eigenvalue weighted by Gasteiger charge is -2.19. The van der Waals surface area contributed by atoms with Crippen LogP contribution in [0.15, 0.2) is 18.2 Å². The summed E-state index contributed by atoms with van der Waals surface area (Å²) in [6.45, 7) is 9.57. The summed E-state index contributed by atoms with van der Waals surface area (Å²) in [7, 11) is 3.60. The molecule has 148 valence electrons. The molecule has 0 aromatic heterocycles. The topological polar surface area (TPSA) is 73.6 Å². The first-order valence-corrected chi connectivity index (χ1v) is 11.6. The Bertz CT molecular complexity index is 542. The van der Waals surface area contributed by atoms with Crippen molar-refractivity contribution >= 4 is 27.5 Å². The molecule has 7 heteroatoms. The van der Waals surface area contributed by atoms with Crippen LogP contribution in [0.3, 0.4) is 0 Å². The summed E-state index contributed by atoms with van der Waals surface area (Å²) in [6, 6.07) is 6.02. The molecule has 26 heavy (non-hydrogen) atoms. The third kappa shape index (κ3) is 8.31. The van der Waals surface area contributed by atoms with Gasteiger partial charge in [0.15, 0.2) is 0 Å². The number of benzene rings is 1. The Balaban J connectivity index is 2.52. The number of rotatable bonds is 13. The van der Waals surface area contributed by atoms with Crippen molar-refractivity contribution in [3.8, 4) is 0 Å². The number of hydrogen-bond donors (Lipinski definition) is 2. The van der Waals surface area contributed by atoms with E-state index in [1.54, 1.807) is 10.8 Å². The summed E-state index contributed by atoms with van der Waals surface area (Å²) in [5.41, 5.74) is 8.57. The molecule has 3 N–H and O–H groups in total. The molecule has 1 amide bonds. The van der Waals surface area contributed by atoms with Gasteiger partial charge in [-0.2, -0.15) is 0 Å². The number of nitrogens with one attached hydrogen (secondary N) is 1. The highest BCUT2D eigenvalue weighted by atomic mass is 33.1. The molecule has 0 fully saturated rings. The van der Waals surface area contributed by atoms with Gasteiger partial charge in [0, 0.05) is 23.9 Å². The van der Waals surface area contributed by atoms with E-state index in [2.05, 4.69) is 38.4 Å². The van der Waals surface area contributed by atoms with Gasteiger partial charge in [0.05, 0.1) is 26.4 Å². The standard InChI is InChI=1S/C19H32N2O3S2/c1-14(2)18-13-16(5-6-17(18)15(3)26-25-4)19(22)21-8-10-24-12-11-23-9-7-20/h5-6,13-15H,7-12,20H2,1-4H3,(H,21,22). The summed E-state index contributed by atoms with van der Waals surface area (Å²) >= 11 is 0. The van der Waals surface area contributed by atoms with Crippen molar-refractivity contribution in [3.63, 3.8) is 0 Å². The van der Waals surface area contributed by atoms with Crippen LogP contribution in [0.25, 0.3) is 0 Å². The van der Waals surface area contributed by atoms with Crippen molar-refractivity contribution in [1.82, 2.24) is 5.32 Å². The SMILES string of the molecule is CSSC(C)c1ccc(C(=O)NCCOCCOCCN)cc1C(C)C. The number of nitrogens with two attached hydrogens (primary N) is 1. The van der Waals surface area contributed by atoms with Crippen LogP contribution in [0.2, 0.25) is 0 Å². The molecule has 0 saturated heterocycles. The molecular formula is C19H32N2O3S2. The minimum absolute atomic E-state index is 0.0633. The van der Waals surface area contributed by atoms with Crippen LogP contribution in [-0.4, -0.2) is 51.7 Å². The van der Waals surface area contributed by atoms with Crippen LogP contribution in [0.4, 0.5) is 0 Å². The van der Waals surface area contributed by atoms with Crippen molar-refractivity contribution in [2.24, 2.45) is 5.73 Å². The monoisotopic (exact) mass is 400 g/mol. The molecule has 1 unspecified atom stereocenters. The summed E-state index contributed by atoms with van der Waals surface area (Å²) < 4.78 is 10.6. The first-order chi connectivity index (χ1) is 12.5. The quantitative estimate of drug-likeness (QED) is 0.389. The number of carbonyl (C=O) groups is 1. The molecule has 0 spiro atoms. The predicted octanol–water partition coefficient (Wildman–Crippen LogP) is 3.60. The Labute approximate surface area is 165 Å². The van der Waals surface area contributed by atoms with E-state index in [9.17, 15) is 4.79 Å². The number of ether oxygens (including phenoxy) is 2. The summed E-state index contributed by atoms with van der Waals surface area (Å²) in [4.78, 5) is 12.4. The zero-order chi connectivity index (χ0) is 19.4. The van der Waals surface area contributed by atoms with Gasteiger partial charge in [-0.1, -0.05) is 41.5 Å². The van der Waals surface area contributed by atoms with Crippen molar-refractivity contribution in [3.05, 3.63) is 34.9 Å². The zero-order valence-electron chi connectivity index (χ0n) is 16.2. The molecule has 1 aromatic carbocycles. The largest absolute Gasteiger partial charge is 0.378 e. The van der Waals surface area contributed by atoms with Crippen LogP contribution in [0.1, 0.15) is 53.4 Å². The lowest BCUT2D eigenvalue weighted by molar-refractivity contribution is 0.0511. The number of hydrogen-bond acceptors (Lipinski definition) is 6. The molecule has 1 aromatic rings. The van der Waals surface area contributed by atoms with Crippen LogP contribution in [-0.2, 0) is 9.47 Å². The maximum atomic E-state index is 12.4. The molecule has 0 saturated carbocycles. The van der Waals surface area contributed by atoms with Crippen LogP contribution < -0.4 is 11.1 Å². The van der Waals surface area contributed by atoms with E-state index in [0.29, 0.717) is 56.2 Å². The van der Waals surface area contributed by atoms with Gasteiger partial charge >= 0.3 is 0 Å². The first-order valence-electron chi connectivity index (χ1n) is 8.98. The number of amides is 1. The lowest BCUT2D eigenvalue weighted by Crippen LogP contribution is -2.28. The smallest absolute Gasteiger partial charge is 0.251 e. The van der Waals surface area contributed by atoms with E-state index in [-0.39, 0.29) is 5.91 Å². The highest BCUT2D eigenvalue weighted by molar-refractivity contribution is 8.76. The van der Waals surface area contributed by atoms with Crippen molar-refractivity contribution < 1.29 is 14.3 Å². The number of carbonyl (C=O) groups excluding carboxylic acids is 1. The fourth-order valence-electron chi connectivity index (χ4n) is 2.53. The molecule has 1 rings (SSSR count). The zero-order valence-corrected chi connectivity index (χ0v) is 17.9. The first kappa shape index (κ1) is 23.3. The van der Waals surface area contributed by atoms with E-state index in [1.807, 2.05) is 22.9 Å². The highest BCUT2D eigenvalue weighted by Crippen LogP contribution is 2.39. The molecule has 0 aliphatic rings. The normalized spacial score (nSPS) is 12.4. The molecular weight excluding hydrogens is 368 g/mol. The molecule has 0 aliphatic heterocycles. The van der Waals surface area contributed by atoms with E-state index < -0.39 is 0 Å². The van der Waals surface area contributed by atoms with Gasteiger partial charge in [0.25, 0.3) is 5.91 Å². The lowest BCUT2D eigenvalue weighted by atomic mass is 9.93. The summed E-state index contributed by atoms with van der Waals surface area (Å²) in [5.74, 6) is 0.311.